The van der Waals surface area contributed by atoms with Crippen LogP contribution >= 0.6 is 22.6 Å². The monoisotopic (exact) mass is 367 g/mol. The summed E-state index contributed by atoms with van der Waals surface area (Å²) in [6.45, 7) is 1.73. The lowest BCUT2D eigenvalue weighted by atomic mass is 10.2. The van der Waals surface area contributed by atoms with E-state index in [1.54, 1.807) is 17.6 Å². The lowest BCUT2D eigenvalue weighted by molar-refractivity contribution is 0.617. The molecule has 0 bridgehead atoms. The summed E-state index contributed by atoms with van der Waals surface area (Å²) in [5, 5.41) is 0. The Kier molecular flexibility index (Phi) is 2.93. The van der Waals surface area contributed by atoms with Crippen molar-refractivity contribution in [3.8, 4) is 5.69 Å². The Hall–Kier alpha value is -1.63. The Morgan fingerprint density at radius 3 is 2.74 bits per heavy atom. The average Bonchev–Trinajstić information content (AvgIpc) is 2.68. The van der Waals surface area contributed by atoms with Crippen LogP contribution in [-0.4, -0.2) is 9.55 Å². The van der Waals surface area contributed by atoms with E-state index in [0.717, 1.165) is 14.6 Å². The first kappa shape index (κ1) is 12.4. The van der Waals surface area contributed by atoms with Crippen LogP contribution in [0.5, 0.6) is 0 Å². The third kappa shape index (κ3) is 2.07. The second-order valence-corrected chi connectivity index (χ2v) is 5.62. The summed E-state index contributed by atoms with van der Waals surface area (Å²) in [5.74, 6) is 0.115. The van der Waals surface area contributed by atoms with Crippen LogP contribution in [0.4, 0.5) is 10.3 Å². The number of benzene rings is 2. The van der Waals surface area contributed by atoms with Crippen LogP contribution in [0.15, 0.2) is 36.4 Å². The smallest absolute Gasteiger partial charge is 0.205 e. The molecule has 1 heterocycles. The van der Waals surface area contributed by atoms with Gasteiger partial charge >= 0.3 is 0 Å². The molecule has 5 heteroatoms. The highest BCUT2D eigenvalue weighted by Gasteiger charge is 2.11. The van der Waals surface area contributed by atoms with Crippen LogP contribution in [-0.2, 0) is 0 Å². The van der Waals surface area contributed by atoms with Crippen LogP contribution in [0.25, 0.3) is 16.7 Å². The Morgan fingerprint density at radius 2 is 2.00 bits per heavy atom. The van der Waals surface area contributed by atoms with Crippen molar-refractivity contribution in [2.24, 2.45) is 0 Å². The summed E-state index contributed by atoms with van der Waals surface area (Å²) >= 11 is 2.22. The molecular formula is C14H11FIN3. The van der Waals surface area contributed by atoms with Gasteiger partial charge in [-0.25, -0.2) is 9.37 Å². The number of imidazole rings is 1. The zero-order chi connectivity index (χ0) is 13.6. The minimum Gasteiger partial charge on any atom is -0.369 e. The first-order chi connectivity index (χ1) is 9.06. The van der Waals surface area contributed by atoms with Crippen molar-refractivity contribution >= 4 is 39.6 Å². The molecule has 0 saturated carbocycles. The van der Waals surface area contributed by atoms with Gasteiger partial charge in [0.05, 0.1) is 16.7 Å². The van der Waals surface area contributed by atoms with Gasteiger partial charge in [0.25, 0.3) is 0 Å². The number of nitrogens with zero attached hydrogens (tertiary/aromatic N) is 2. The summed E-state index contributed by atoms with van der Waals surface area (Å²) in [6, 6.07) is 10.9. The lowest BCUT2D eigenvalue weighted by Crippen LogP contribution is -2.01. The highest BCUT2D eigenvalue weighted by molar-refractivity contribution is 14.1. The number of fused-ring (bicyclic) bond motifs is 1. The fourth-order valence-corrected chi connectivity index (χ4v) is 2.54. The number of aryl methyl sites for hydroxylation is 1. The first-order valence-electron chi connectivity index (χ1n) is 5.76. The van der Waals surface area contributed by atoms with E-state index < -0.39 is 0 Å². The van der Waals surface area contributed by atoms with Gasteiger partial charge in [-0.1, -0.05) is 6.07 Å². The maximum absolute atomic E-state index is 13.7. The van der Waals surface area contributed by atoms with E-state index in [9.17, 15) is 4.39 Å². The van der Waals surface area contributed by atoms with Gasteiger partial charge in [-0.15, -0.1) is 0 Å². The fourth-order valence-electron chi connectivity index (χ4n) is 2.06. The third-order valence-electron chi connectivity index (χ3n) is 3.06. The van der Waals surface area contributed by atoms with Crippen LogP contribution in [0.3, 0.4) is 0 Å². The molecule has 0 unspecified atom stereocenters. The Bertz CT molecular complexity index is 780. The maximum atomic E-state index is 13.7. The predicted octanol–water partition coefficient (Wildman–Crippen LogP) is 3.66. The van der Waals surface area contributed by atoms with Crippen molar-refractivity contribution in [3.05, 3.63) is 51.3 Å². The van der Waals surface area contributed by atoms with Gasteiger partial charge in [0.15, 0.2) is 0 Å². The number of halogens is 2. The van der Waals surface area contributed by atoms with Crippen molar-refractivity contribution < 1.29 is 4.39 Å². The summed E-state index contributed by atoms with van der Waals surface area (Å²) in [4.78, 5) is 4.32. The fraction of sp³-hybridized carbons (Fsp3) is 0.0714. The minimum absolute atomic E-state index is 0.246. The highest BCUT2D eigenvalue weighted by Crippen LogP contribution is 2.25. The van der Waals surface area contributed by atoms with Crippen LogP contribution < -0.4 is 5.73 Å². The number of hydrogen-bond acceptors (Lipinski definition) is 2. The molecule has 96 valence electrons. The third-order valence-corrected chi connectivity index (χ3v) is 3.73. The van der Waals surface area contributed by atoms with Gasteiger partial charge in [0.2, 0.25) is 5.95 Å². The van der Waals surface area contributed by atoms with E-state index in [1.807, 2.05) is 24.3 Å². The van der Waals surface area contributed by atoms with Crippen LogP contribution in [0.1, 0.15) is 5.56 Å². The topological polar surface area (TPSA) is 43.8 Å². The zero-order valence-electron chi connectivity index (χ0n) is 10.2. The molecular weight excluding hydrogens is 356 g/mol. The summed E-state index contributed by atoms with van der Waals surface area (Å²) in [5.41, 5.74) is 8.93. The van der Waals surface area contributed by atoms with Gasteiger partial charge in [-0.2, -0.15) is 0 Å². The predicted molar refractivity (Wildman–Crippen MR) is 82.9 cm³/mol. The summed E-state index contributed by atoms with van der Waals surface area (Å²) < 4.78 is 16.5. The molecule has 0 aliphatic rings. The molecule has 2 N–H and O–H groups in total. The molecule has 3 nitrogen and oxygen atoms in total. The number of nitrogens with two attached hydrogens (primary N) is 1. The molecule has 0 aliphatic heterocycles. The summed E-state index contributed by atoms with van der Waals surface area (Å²) in [7, 11) is 0. The van der Waals surface area contributed by atoms with Gasteiger partial charge in [-0.3, -0.25) is 4.57 Å². The highest BCUT2D eigenvalue weighted by atomic mass is 127. The Morgan fingerprint density at radius 1 is 1.21 bits per heavy atom. The van der Waals surface area contributed by atoms with Crippen molar-refractivity contribution in [1.29, 1.82) is 0 Å². The number of aromatic nitrogens is 2. The minimum atomic E-state index is -0.246. The second-order valence-electron chi connectivity index (χ2n) is 4.37. The molecule has 0 atom stereocenters. The van der Waals surface area contributed by atoms with Crippen molar-refractivity contribution in [2.45, 2.75) is 6.92 Å². The Balaban J connectivity index is 2.29. The molecule has 3 rings (SSSR count). The average molecular weight is 367 g/mol. The number of nitrogen functional groups attached to an aromatic ring is 1. The molecule has 0 fully saturated rings. The molecule has 1 aromatic heterocycles. The molecule has 0 saturated heterocycles. The van der Waals surface area contributed by atoms with Gasteiger partial charge in [0, 0.05) is 3.57 Å². The van der Waals surface area contributed by atoms with E-state index >= 15 is 0 Å². The molecule has 0 radical (unpaired) electrons. The quantitative estimate of drug-likeness (QED) is 0.668. The Labute approximate surface area is 123 Å². The van der Waals surface area contributed by atoms with Crippen LogP contribution in [0.2, 0.25) is 0 Å². The molecule has 19 heavy (non-hydrogen) atoms. The maximum Gasteiger partial charge on any atom is 0.205 e. The van der Waals surface area contributed by atoms with E-state index in [2.05, 4.69) is 27.6 Å². The van der Waals surface area contributed by atoms with Gasteiger partial charge < -0.3 is 5.73 Å². The normalized spacial score (nSPS) is 11.1. The second kappa shape index (κ2) is 4.48. The molecule has 0 aliphatic carbocycles. The molecule has 2 aromatic carbocycles. The van der Waals surface area contributed by atoms with E-state index in [0.29, 0.717) is 17.2 Å². The number of hydrogen-bond donors (Lipinski definition) is 1. The summed E-state index contributed by atoms with van der Waals surface area (Å²) in [6.07, 6.45) is 0. The van der Waals surface area contributed by atoms with Crippen molar-refractivity contribution in [3.63, 3.8) is 0 Å². The standard InChI is InChI=1S/C14H11FIN3/c1-8-2-4-10(7-11(8)15)19-13-5-3-9(16)6-12(13)18-14(19)17/h2-7H,1H3,(H2,17,18). The SMILES string of the molecule is Cc1ccc(-n2c(N)nc3cc(I)ccc32)cc1F. The largest absolute Gasteiger partial charge is 0.369 e. The zero-order valence-corrected chi connectivity index (χ0v) is 12.3. The molecule has 0 amide bonds. The molecule has 0 spiro atoms. The number of anilines is 1. The number of rotatable bonds is 1. The lowest BCUT2D eigenvalue weighted by Gasteiger charge is -2.07. The van der Waals surface area contributed by atoms with Crippen molar-refractivity contribution in [1.82, 2.24) is 9.55 Å². The van der Waals surface area contributed by atoms with E-state index in [1.165, 1.54) is 6.07 Å². The van der Waals surface area contributed by atoms with Gasteiger partial charge in [-0.05, 0) is 65.4 Å². The van der Waals surface area contributed by atoms with Gasteiger partial charge in [0.1, 0.15) is 5.82 Å². The molecule has 3 aromatic rings. The van der Waals surface area contributed by atoms with E-state index in [4.69, 9.17) is 5.73 Å². The first-order valence-corrected chi connectivity index (χ1v) is 6.84. The van der Waals surface area contributed by atoms with Crippen molar-refractivity contribution in [2.75, 3.05) is 5.73 Å². The van der Waals surface area contributed by atoms with E-state index in [-0.39, 0.29) is 5.82 Å². The van der Waals surface area contributed by atoms with Crippen LogP contribution in [0, 0.1) is 16.3 Å².